The standard InChI is InChI=1S/C11H23N.C2H5N/c1-3-10(4-2)7-8-11-6-5-9-12-11;1-2-3/h10-12H,3-9H2,1-2H3;2H,1,3H2. The summed E-state index contributed by atoms with van der Waals surface area (Å²) in [4.78, 5) is 0. The minimum absolute atomic E-state index is 0.852. The number of rotatable bonds is 5. The second-order valence-electron chi connectivity index (χ2n) is 4.29. The van der Waals surface area contributed by atoms with Crippen molar-refractivity contribution >= 4 is 0 Å². The molecule has 0 radical (unpaired) electrons. The van der Waals surface area contributed by atoms with Gasteiger partial charge in [0, 0.05) is 6.04 Å². The first-order chi connectivity index (χ1) is 7.28. The van der Waals surface area contributed by atoms with Crippen molar-refractivity contribution in [1.82, 2.24) is 5.32 Å². The van der Waals surface area contributed by atoms with Gasteiger partial charge in [0.05, 0.1) is 0 Å². The molecule has 0 bridgehead atoms. The molecule has 1 rings (SSSR count). The van der Waals surface area contributed by atoms with Crippen molar-refractivity contribution in [3.63, 3.8) is 0 Å². The molecule has 1 fully saturated rings. The van der Waals surface area contributed by atoms with Gasteiger partial charge in [0.1, 0.15) is 0 Å². The van der Waals surface area contributed by atoms with Crippen LogP contribution in [0, 0.1) is 5.92 Å². The Bertz CT molecular complexity index is 133. The molecule has 0 saturated carbocycles. The average Bonchev–Trinajstić information content (AvgIpc) is 2.73. The first-order valence-electron chi connectivity index (χ1n) is 6.34. The summed E-state index contributed by atoms with van der Waals surface area (Å²) >= 11 is 0. The molecule has 2 nitrogen and oxygen atoms in total. The van der Waals surface area contributed by atoms with Crippen molar-refractivity contribution in [2.45, 2.75) is 58.4 Å². The van der Waals surface area contributed by atoms with Crippen LogP contribution in [0.2, 0.25) is 0 Å². The minimum Gasteiger partial charge on any atom is -0.405 e. The van der Waals surface area contributed by atoms with Crippen LogP contribution >= 0.6 is 0 Å². The van der Waals surface area contributed by atoms with Gasteiger partial charge in [-0.25, -0.2) is 0 Å². The van der Waals surface area contributed by atoms with Crippen molar-refractivity contribution in [1.29, 1.82) is 0 Å². The average molecular weight is 212 g/mol. The van der Waals surface area contributed by atoms with Crippen LogP contribution in [0.1, 0.15) is 52.4 Å². The Balaban J connectivity index is 0.000000583. The Morgan fingerprint density at radius 1 is 1.47 bits per heavy atom. The number of hydrogen-bond acceptors (Lipinski definition) is 2. The van der Waals surface area contributed by atoms with Gasteiger partial charge in [-0.2, -0.15) is 0 Å². The highest BCUT2D eigenvalue weighted by molar-refractivity contribution is 4.74. The van der Waals surface area contributed by atoms with Crippen LogP contribution in [0.5, 0.6) is 0 Å². The summed E-state index contributed by atoms with van der Waals surface area (Å²) in [5.41, 5.74) is 4.61. The molecule has 0 aromatic carbocycles. The van der Waals surface area contributed by atoms with E-state index in [1.165, 1.54) is 51.3 Å². The second-order valence-corrected chi connectivity index (χ2v) is 4.29. The summed E-state index contributed by atoms with van der Waals surface area (Å²) in [6, 6.07) is 0.852. The van der Waals surface area contributed by atoms with Crippen molar-refractivity contribution in [3.05, 3.63) is 12.8 Å². The van der Waals surface area contributed by atoms with E-state index in [0.29, 0.717) is 0 Å². The van der Waals surface area contributed by atoms with E-state index in [1.54, 1.807) is 0 Å². The number of nitrogens with two attached hydrogens (primary N) is 1. The van der Waals surface area contributed by atoms with Gasteiger partial charge in [-0.1, -0.05) is 33.3 Å². The SMILES string of the molecule is C=CN.CCC(CC)CCC1CCCN1. The fraction of sp³-hybridized carbons (Fsp3) is 0.846. The van der Waals surface area contributed by atoms with Crippen LogP contribution in [0.3, 0.4) is 0 Å². The Hall–Kier alpha value is -0.500. The molecule has 0 spiro atoms. The molecule has 0 aromatic heterocycles. The maximum atomic E-state index is 4.61. The van der Waals surface area contributed by atoms with Gasteiger partial charge >= 0.3 is 0 Å². The molecule has 3 N–H and O–H groups in total. The van der Waals surface area contributed by atoms with E-state index >= 15 is 0 Å². The zero-order valence-corrected chi connectivity index (χ0v) is 10.5. The van der Waals surface area contributed by atoms with Gasteiger partial charge in [0.15, 0.2) is 0 Å². The summed E-state index contributed by atoms with van der Waals surface area (Å²) in [7, 11) is 0. The highest BCUT2D eigenvalue weighted by Gasteiger charge is 2.14. The zero-order valence-electron chi connectivity index (χ0n) is 10.5. The summed E-state index contributed by atoms with van der Waals surface area (Å²) in [6.07, 6.45) is 9.64. The predicted molar refractivity (Wildman–Crippen MR) is 68.7 cm³/mol. The smallest absolute Gasteiger partial charge is 0.00676 e. The maximum absolute atomic E-state index is 4.61. The largest absolute Gasteiger partial charge is 0.405 e. The fourth-order valence-electron chi connectivity index (χ4n) is 2.14. The molecule has 1 atom stereocenters. The van der Waals surface area contributed by atoms with Gasteiger partial charge < -0.3 is 11.1 Å². The van der Waals surface area contributed by atoms with Crippen molar-refractivity contribution in [2.75, 3.05) is 6.54 Å². The lowest BCUT2D eigenvalue weighted by Gasteiger charge is -2.15. The van der Waals surface area contributed by atoms with E-state index in [9.17, 15) is 0 Å². The van der Waals surface area contributed by atoms with Crippen LogP contribution in [-0.4, -0.2) is 12.6 Å². The molecule has 1 aliphatic rings. The van der Waals surface area contributed by atoms with Gasteiger partial charge in [-0.05, 0) is 44.3 Å². The second kappa shape index (κ2) is 10.0. The summed E-state index contributed by atoms with van der Waals surface area (Å²) in [5.74, 6) is 0.979. The Kier molecular flexibility index (Phi) is 9.70. The van der Waals surface area contributed by atoms with E-state index in [2.05, 4.69) is 31.5 Å². The summed E-state index contributed by atoms with van der Waals surface area (Å²) < 4.78 is 0. The molecule has 1 aliphatic heterocycles. The van der Waals surface area contributed by atoms with E-state index in [4.69, 9.17) is 0 Å². The third kappa shape index (κ3) is 7.43. The van der Waals surface area contributed by atoms with E-state index < -0.39 is 0 Å². The monoisotopic (exact) mass is 212 g/mol. The summed E-state index contributed by atoms with van der Waals surface area (Å²) in [6.45, 7) is 9.03. The van der Waals surface area contributed by atoms with E-state index in [-0.39, 0.29) is 0 Å². The van der Waals surface area contributed by atoms with Crippen LogP contribution < -0.4 is 11.1 Å². The highest BCUT2D eigenvalue weighted by Crippen LogP contribution is 2.19. The van der Waals surface area contributed by atoms with Crippen molar-refractivity contribution in [2.24, 2.45) is 11.7 Å². The molecule has 0 aromatic rings. The molecule has 15 heavy (non-hydrogen) atoms. The predicted octanol–water partition coefficient (Wildman–Crippen LogP) is 3.04. The minimum atomic E-state index is 0.852. The number of nitrogens with one attached hydrogen (secondary N) is 1. The molecule has 1 saturated heterocycles. The lowest BCUT2D eigenvalue weighted by atomic mass is 9.95. The maximum Gasteiger partial charge on any atom is 0.00676 e. The van der Waals surface area contributed by atoms with Gasteiger partial charge in [0.25, 0.3) is 0 Å². The van der Waals surface area contributed by atoms with E-state index in [1.807, 2.05) is 0 Å². The Morgan fingerprint density at radius 2 is 2.07 bits per heavy atom. The lowest BCUT2D eigenvalue weighted by Crippen LogP contribution is -2.21. The molecule has 2 heteroatoms. The summed E-state index contributed by atoms with van der Waals surface area (Å²) in [5, 5.41) is 3.56. The first kappa shape index (κ1) is 14.5. The molecule has 1 unspecified atom stereocenters. The molecular formula is C13H28N2. The highest BCUT2D eigenvalue weighted by atomic mass is 14.9. The van der Waals surface area contributed by atoms with Crippen LogP contribution in [-0.2, 0) is 0 Å². The third-order valence-electron chi connectivity index (χ3n) is 3.24. The van der Waals surface area contributed by atoms with Crippen LogP contribution in [0.25, 0.3) is 0 Å². The van der Waals surface area contributed by atoms with E-state index in [0.717, 1.165) is 12.0 Å². The fourth-order valence-corrected chi connectivity index (χ4v) is 2.14. The molecule has 90 valence electrons. The van der Waals surface area contributed by atoms with Crippen LogP contribution in [0.4, 0.5) is 0 Å². The van der Waals surface area contributed by atoms with Crippen molar-refractivity contribution in [3.8, 4) is 0 Å². The van der Waals surface area contributed by atoms with Gasteiger partial charge in [-0.15, -0.1) is 0 Å². The third-order valence-corrected chi connectivity index (χ3v) is 3.24. The topological polar surface area (TPSA) is 38.0 Å². The van der Waals surface area contributed by atoms with Gasteiger partial charge in [0.2, 0.25) is 0 Å². The molecule has 0 amide bonds. The van der Waals surface area contributed by atoms with Crippen molar-refractivity contribution < 1.29 is 0 Å². The molecule has 0 aliphatic carbocycles. The molecule has 1 heterocycles. The van der Waals surface area contributed by atoms with Gasteiger partial charge in [-0.3, -0.25) is 0 Å². The quantitative estimate of drug-likeness (QED) is 0.735. The normalized spacial score (nSPS) is 19.8. The Labute approximate surface area is 95.3 Å². The first-order valence-corrected chi connectivity index (χ1v) is 6.34. The zero-order chi connectivity index (χ0) is 11.5. The van der Waals surface area contributed by atoms with Crippen LogP contribution in [0.15, 0.2) is 12.8 Å². The lowest BCUT2D eigenvalue weighted by molar-refractivity contribution is 0.404. The molecular weight excluding hydrogens is 184 g/mol. The number of hydrogen-bond donors (Lipinski definition) is 2. The Morgan fingerprint density at radius 3 is 2.47 bits per heavy atom.